The first kappa shape index (κ1) is 14.2. The third-order valence-electron chi connectivity index (χ3n) is 2.59. The lowest BCUT2D eigenvalue weighted by Crippen LogP contribution is -2.42. The largest absolute Gasteiger partial charge is 0.478 e. The highest BCUT2D eigenvalue weighted by Crippen LogP contribution is 2.06. The van der Waals surface area contributed by atoms with Gasteiger partial charge in [0.05, 0.1) is 11.6 Å². The number of hydrogen-bond acceptors (Lipinski definition) is 3. The van der Waals surface area contributed by atoms with Crippen molar-refractivity contribution < 1.29 is 14.7 Å². The van der Waals surface area contributed by atoms with Crippen LogP contribution in [0.25, 0.3) is 0 Å². The lowest BCUT2D eigenvalue weighted by molar-refractivity contribution is -0.122. The Balaban J connectivity index is 2.47. The van der Waals surface area contributed by atoms with Gasteiger partial charge in [-0.25, -0.2) is 4.79 Å². The Kier molecular flexibility index (Phi) is 5.38. The van der Waals surface area contributed by atoms with Crippen molar-refractivity contribution in [2.24, 2.45) is 0 Å². The van der Waals surface area contributed by atoms with Gasteiger partial charge in [-0.3, -0.25) is 4.79 Å². The van der Waals surface area contributed by atoms with E-state index in [1.807, 2.05) is 6.92 Å². The summed E-state index contributed by atoms with van der Waals surface area (Å²) in [4.78, 5) is 25.3. The zero-order valence-electron chi connectivity index (χ0n) is 10.6. The number of aromatic nitrogens is 1. The van der Waals surface area contributed by atoms with E-state index < -0.39 is 5.97 Å². The van der Waals surface area contributed by atoms with Crippen LogP contribution in [0.3, 0.4) is 0 Å². The molecule has 0 aliphatic heterocycles. The van der Waals surface area contributed by atoms with Crippen molar-refractivity contribution in [3.63, 3.8) is 0 Å². The summed E-state index contributed by atoms with van der Waals surface area (Å²) in [5.74, 6) is -1.06. The molecule has 0 spiro atoms. The number of nitrogens with one attached hydrogen (secondary N) is 3. The molecule has 1 atom stereocenters. The summed E-state index contributed by atoms with van der Waals surface area (Å²) in [7, 11) is 0. The van der Waals surface area contributed by atoms with Crippen molar-refractivity contribution in [2.75, 3.05) is 6.54 Å². The van der Waals surface area contributed by atoms with Gasteiger partial charge < -0.3 is 20.7 Å². The second kappa shape index (κ2) is 6.80. The summed E-state index contributed by atoms with van der Waals surface area (Å²) in [6, 6.07) is 1.14. The van der Waals surface area contributed by atoms with E-state index in [0.29, 0.717) is 18.8 Å². The molecule has 1 aromatic rings. The summed E-state index contributed by atoms with van der Waals surface area (Å²) in [5.41, 5.74) is 0.793. The Labute approximate surface area is 106 Å². The molecule has 0 radical (unpaired) electrons. The highest BCUT2D eigenvalue weighted by atomic mass is 16.4. The van der Waals surface area contributed by atoms with Crippen LogP contribution in [0.1, 0.15) is 36.3 Å². The molecule has 0 aromatic carbocycles. The predicted molar refractivity (Wildman–Crippen MR) is 67.4 cm³/mol. The fraction of sp³-hybridized carbons (Fsp3) is 0.500. The molecular weight excluding hydrogens is 234 g/mol. The van der Waals surface area contributed by atoms with E-state index in [1.165, 1.54) is 6.07 Å². The fourth-order valence-electron chi connectivity index (χ4n) is 1.50. The highest BCUT2D eigenvalue weighted by Gasteiger charge is 2.14. The van der Waals surface area contributed by atoms with Crippen LogP contribution < -0.4 is 10.6 Å². The van der Waals surface area contributed by atoms with Crippen LogP contribution >= 0.6 is 0 Å². The zero-order chi connectivity index (χ0) is 13.5. The maximum atomic E-state index is 11.6. The Morgan fingerprint density at radius 3 is 2.83 bits per heavy atom. The number of carboxylic acid groups (broad SMARTS) is 1. The van der Waals surface area contributed by atoms with Gasteiger partial charge in [0, 0.05) is 25.0 Å². The third kappa shape index (κ3) is 3.89. The number of rotatable bonds is 7. The highest BCUT2D eigenvalue weighted by molar-refractivity contribution is 5.89. The summed E-state index contributed by atoms with van der Waals surface area (Å²) < 4.78 is 0. The molecule has 1 aromatic heterocycles. The Morgan fingerprint density at radius 2 is 2.22 bits per heavy atom. The Bertz CT molecular complexity index is 414. The van der Waals surface area contributed by atoms with Crippen molar-refractivity contribution in [2.45, 2.75) is 32.9 Å². The second-order valence-electron chi connectivity index (χ2n) is 4.07. The van der Waals surface area contributed by atoms with Gasteiger partial charge in [-0.05, 0) is 19.4 Å². The van der Waals surface area contributed by atoms with Gasteiger partial charge in [0.1, 0.15) is 0 Å². The normalized spacial score (nSPS) is 12.1. The van der Waals surface area contributed by atoms with E-state index in [-0.39, 0.29) is 17.5 Å². The minimum absolute atomic E-state index is 0.0831. The molecule has 1 amide bonds. The smallest absolute Gasteiger partial charge is 0.337 e. The first-order valence-electron chi connectivity index (χ1n) is 5.97. The maximum absolute atomic E-state index is 11.6. The molecule has 1 heterocycles. The molecule has 0 bridgehead atoms. The molecule has 6 heteroatoms. The lowest BCUT2D eigenvalue weighted by atomic mass is 10.2. The molecule has 0 saturated carbocycles. The van der Waals surface area contributed by atoms with Gasteiger partial charge in [0.25, 0.3) is 0 Å². The van der Waals surface area contributed by atoms with Crippen molar-refractivity contribution in [1.82, 2.24) is 15.6 Å². The first-order chi connectivity index (χ1) is 8.56. The van der Waals surface area contributed by atoms with Crippen molar-refractivity contribution in [1.29, 1.82) is 0 Å². The molecule has 4 N–H and O–H groups in total. The van der Waals surface area contributed by atoms with Gasteiger partial charge in [-0.2, -0.15) is 0 Å². The van der Waals surface area contributed by atoms with Crippen LogP contribution in [0.4, 0.5) is 0 Å². The molecular formula is C12H19N3O3. The first-order valence-corrected chi connectivity index (χ1v) is 5.97. The van der Waals surface area contributed by atoms with Gasteiger partial charge in [0.15, 0.2) is 0 Å². The summed E-state index contributed by atoms with van der Waals surface area (Å²) in [6.07, 6.45) is 2.46. The van der Waals surface area contributed by atoms with Crippen LogP contribution in [0.2, 0.25) is 0 Å². The topological polar surface area (TPSA) is 94.2 Å². The van der Waals surface area contributed by atoms with Gasteiger partial charge >= 0.3 is 5.97 Å². The van der Waals surface area contributed by atoms with E-state index >= 15 is 0 Å². The van der Waals surface area contributed by atoms with Crippen molar-refractivity contribution >= 4 is 11.9 Å². The molecule has 1 unspecified atom stereocenters. The quantitative estimate of drug-likeness (QED) is 0.576. The molecule has 0 fully saturated rings. The number of H-pyrrole nitrogens is 1. The number of hydrogen-bond donors (Lipinski definition) is 4. The number of aromatic carboxylic acids is 1. The van der Waals surface area contributed by atoms with Gasteiger partial charge in [-0.1, -0.05) is 6.92 Å². The summed E-state index contributed by atoms with van der Waals surface area (Å²) >= 11 is 0. The van der Waals surface area contributed by atoms with Crippen LogP contribution in [-0.2, 0) is 11.3 Å². The molecule has 0 aliphatic rings. The van der Waals surface area contributed by atoms with Crippen molar-refractivity contribution in [3.05, 3.63) is 23.5 Å². The van der Waals surface area contributed by atoms with Crippen LogP contribution in [0.5, 0.6) is 0 Å². The number of carboxylic acids is 1. The van der Waals surface area contributed by atoms with Crippen LogP contribution in [0.15, 0.2) is 12.3 Å². The molecule has 18 heavy (non-hydrogen) atoms. The molecule has 1 rings (SSSR count). The van der Waals surface area contributed by atoms with E-state index in [4.69, 9.17) is 5.11 Å². The lowest BCUT2D eigenvalue weighted by Gasteiger charge is -2.13. The van der Waals surface area contributed by atoms with Crippen LogP contribution in [0, 0.1) is 0 Å². The number of carbonyl (C=O) groups is 2. The fourth-order valence-corrected chi connectivity index (χ4v) is 1.50. The number of carbonyl (C=O) groups excluding carboxylic acids is 1. The van der Waals surface area contributed by atoms with Crippen LogP contribution in [-0.4, -0.2) is 34.6 Å². The molecule has 6 nitrogen and oxygen atoms in total. The minimum Gasteiger partial charge on any atom is -0.478 e. The predicted octanol–water partition coefficient (Wildman–Crippen LogP) is 0.717. The van der Waals surface area contributed by atoms with E-state index in [9.17, 15) is 9.59 Å². The van der Waals surface area contributed by atoms with E-state index in [0.717, 1.165) is 6.42 Å². The maximum Gasteiger partial charge on any atom is 0.337 e. The summed E-state index contributed by atoms with van der Waals surface area (Å²) in [5, 5.41) is 14.7. The minimum atomic E-state index is -0.976. The molecule has 0 aliphatic carbocycles. The standard InChI is InChI=1S/C12H19N3O3/c1-3-5-14-11(16)8(2)15-7-10-9(12(17)18)4-6-13-10/h4,6,8,13,15H,3,5,7H2,1-2H3,(H,14,16)(H,17,18). The van der Waals surface area contributed by atoms with E-state index in [1.54, 1.807) is 13.1 Å². The SMILES string of the molecule is CCCNC(=O)C(C)NCc1[nH]ccc1C(=O)O. The van der Waals surface area contributed by atoms with E-state index in [2.05, 4.69) is 15.6 Å². The van der Waals surface area contributed by atoms with Crippen molar-refractivity contribution in [3.8, 4) is 0 Å². The number of aromatic amines is 1. The second-order valence-corrected chi connectivity index (χ2v) is 4.07. The van der Waals surface area contributed by atoms with Gasteiger partial charge in [0.2, 0.25) is 5.91 Å². The average Bonchev–Trinajstić information content (AvgIpc) is 2.81. The monoisotopic (exact) mass is 253 g/mol. The van der Waals surface area contributed by atoms with Gasteiger partial charge in [-0.15, -0.1) is 0 Å². The number of amides is 1. The Morgan fingerprint density at radius 1 is 1.50 bits per heavy atom. The third-order valence-corrected chi connectivity index (χ3v) is 2.59. The molecule has 0 saturated heterocycles. The zero-order valence-corrected chi connectivity index (χ0v) is 10.6. The average molecular weight is 253 g/mol. The molecule has 100 valence electrons. The Hall–Kier alpha value is -1.82. The summed E-state index contributed by atoms with van der Waals surface area (Å²) in [6.45, 7) is 4.69.